The Morgan fingerprint density at radius 3 is 2.38 bits per heavy atom. The molecule has 0 spiro atoms. The van der Waals surface area contributed by atoms with Crippen molar-refractivity contribution in [3.05, 3.63) is 65.4 Å². The van der Waals surface area contributed by atoms with Gasteiger partial charge in [-0.15, -0.1) is 0 Å². The number of rotatable bonds is 6. The third kappa shape index (κ3) is 4.07. The molecule has 1 heterocycles. The molecule has 0 unspecified atom stereocenters. The zero-order valence-electron chi connectivity index (χ0n) is 14.0. The number of amides is 1. The smallest absolute Gasteiger partial charge is 0.363 e. The number of aliphatic imine (C=N–C) groups is 1. The van der Waals surface area contributed by atoms with Crippen molar-refractivity contribution in [2.75, 3.05) is 13.7 Å². The highest BCUT2D eigenvalue weighted by atomic mass is 16.6. The molecule has 0 radical (unpaired) electrons. The molecule has 1 amide bonds. The van der Waals surface area contributed by atoms with Crippen molar-refractivity contribution in [2.24, 2.45) is 10.7 Å². The topological polar surface area (TPSA) is 100 Å². The second-order valence-corrected chi connectivity index (χ2v) is 5.39. The van der Waals surface area contributed by atoms with E-state index in [1.54, 1.807) is 61.7 Å². The highest BCUT2D eigenvalue weighted by Crippen LogP contribution is 2.21. The maximum atomic E-state index is 12.0. The van der Waals surface area contributed by atoms with Gasteiger partial charge in [-0.05, 0) is 48.0 Å². The summed E-state index contributed by atoms with van der Waals surface area (Å²) in [4.78, 5) is 27.0. The Labute approximate surface area is 149 Å². The molecular weight excluding hydrogens is 336 g/mol. The van der Waals surface area contributed by atoms with E-state index in [4.69, 9.17) is 19.9 Å². The van der Waals surface area contributed by atoms with Gasteiger partial charge in [-0.3, -0.25) is 4.79 Å². The predicted octanol–water partition coefficient (Wildman–Crippen LogP) is 1.90. The number of carbonyl (C=O) groups excluding carboxylic acids is 2. The summed E-state index contributed by atoms with van der Waals surface area (Å²) in [5.41, 5.74) is 6.64. The van der Waals surface area contributed by atoms with Crippen LogP contribution in [0.4, 0.5) is 0 Å². The molecule has 7 nitrogen and oxygen atoms in total. The Balaban J connectivity index is 1.76. The highest BCUT2D eigenvalue weighted by Gasteiger charge is 2.24. The fourth-order valence-corrected chi connectivity index (χ4v) is 2.24. The first kappa shape index (κ1) is 17.2. The van der Waals surface area contributed by atoms with E-state index in [0.29, 0.717) is 17.1 Å². The molecular formula is C19H16N2O5. The third-order valence-electron chi connectivity index (χ3n) is 3.52. The number of primary amides is 1. The summed E-state index contributed by atoms with van der Waals surface area (Å²) in [6, 6.07) is 13.9. The first-order valence-corrected chi connectivity index (χ1v) is 7.73. The van der Waals surface area contributed by atoms with E-state index in [0.717, 1.165) is 5.56 Å². The van der Waals surface area contributed by atoms with Crippen molar-refractivity contribution in [2.45, 2.75) is 0 Å². The van der Waals surface area contributed by atoms with E-state index in [2.05, 4.69) is 4.99 Å². The number of nitrogens with two attached hydrogens (primary N) is 1. The molecule has 0 bridgehead atoms. The lowest BCUT2D eigenvalue weighted by atomic mass is 10.2. The van der Waals surface area contributed by atoms with E-state index in [1.807, 2.05) is 0 Å². The molecule has 0 fully saturated rings. The number of hydrogen-bond acceptors (Lipinski definition) is 6. The molecule has 7 heteroatoms. The van der Waals surface area contributed by atoms with Crippen molar-refractivity contribution >= 4 is 23.9 Å². The maximum Gasteiger partial charge on any atom is 0.363 e. The minimum Gasteiger partial charge on any atom is -0.497 e. The molecule has 132 valence electrons. The number of cyclic esters (lactones) is 1. The van der Waals surface area contributed by atoms with E-state index in [-0.39, 0.29) is 18.2 Å². The summed E-state index contributed by atoms with van der Waals surface area (Å²) in [6.07, 6.45) is 1.61. The van der Waals surface area contributed by atoms with Crippen LogP contribution in [0.1, 0.15) is 11.1 Å². The molecule has 0 saturated carbocycles. The highest BCUT2D eigenvalue weighted by molar-refractivity contribution is 6.12. The summed E-state index contributed by atoms with van der Waals surface area (Å²) in [5.74, 6) is 0.371. The molecule has 0 aromatic heterocycles. The number of hydrogen-bond donors (Lipinski definition) is 1. The first-order valence-electron chi connectivity index (χ1n) is 7.73. The quantitative estimate of drug-likeness (QED) is 0.632. The molecule has 1 aliphatic heterocycles. The SMILES string of the molecule is COc1ccc(C2=NC(=Cc3ccc(OCC(N)=O)cc3)C(=O)O2)cc1. The van der Waals surface area contributed by atoms with Crippen molar-refractivity contribution in [3.8, 4) is 11.5 Å². The number of benzene rings is 2. The molecule has 0 aliphatic carbocycles. The van der Waals surface area contributed by atoms with E-state index in [1.165, 1.54) is 0 Å². The minimum atomic E-state index is -0.551. The van der Waals surface area contributed by atoms with Crippen LogP contribution in [-0.2, 0) is 14.3 Å². The van der Waals surface area contributed by atoms with Crippen LogP contribution in [0.25, 0.3) is 6.08 Å². The standard InChI is InChI=1S/C19H16N2O5/c1-24-14-8-4-13(5-9-14)18-21-16(19(23)26-18)10-12-2-6-15(7-3-12)25-11-17(20)22/h2-10H,11H2,1H3,(H2,20,22). The van der Waals surface area contributed by atoms with Gasteiger partial charge in [0.2, 0.25) is 5.90 Å². The Kier molecular flexibility index (Phi) is 4.98. The largest absolute Gasteiger partial charge is 0.497 e. The van der Waals surface area contributed by atoms with Crippen molar-refractivity contribution < 1.29 is 23.8 Å². The molecule has 0 atom stereocenters. The number of ether oxygens (including phenoxy) is 3. The van der Waals surface area contributed by atoms with Gasteiger partial charge in [0, 0.05) is 5.56 Å². The van der Waals surface area contributed by atoms with E-state index >= 15 is 0 Å². The van der Waals surface area contributed by atoms with Crippen LogP contribution in [0, 0.1) is 0 Å². The Morgan fingerprint density at radius 1 is 1.12 bits per heavy atom. The van der Waals surface area contributed by atoms with E-state index in [9.17, 15) is 9.59 Å². The van der Waals surface area contributed by atoms with Crippen LogP contribution in [-0.4, -0.2) is 31.5 Å². The minimum absolute atomic E-state index is 0.192. The van der Waals surface area contributed by atoms with Crippen LogP contribution in [0.3, 0.4) is 0 Å². The Morgan fingerprint density at radius 2 is 1.77 bits per heavy atom. The van der Waals surface area contributed by atoms with Crippen molar-refractivity contribution in [1.82, 2.24) is 0 Å². The van der Waals surface area contributed by atoms with Crippen LogP contribution < -0.4 is 15.2 Å². The number of carbonyl (C=O) groups is 2. The third-order valence-corrected chi connectivity index (χ3v) is 3.52. The molecule has 3 rings (SSSR count). The summed E-state index contributed by atoms with van der Waals surface area (Å²) in [7, 11) is 1.58. The van der Waals surface area contributed by atoms with Crippen LogP contribution in [0.15, 0.2) is 59.2 Å². The lowest BCUT2D eigenvalue weighted by molar-refractivity contribution is -0.130. The first-order chi connectivity index (χ1) is 12.5. The number of methoxy groups -OCH3 is 1. The van der Waals surface area contributed by atoms with Gasteiger partial charge in [0.15, 0.2) is 12.3 Å². The van der Waals surface area contributed by atoms with Gasteiger partial charge in [-0.25, -0.2) is 9.79 Å². The zero-order valence-corrected chi connectivity index (χ0v) is 14.0. The predicted molar refractivity (Wildman–Crippen MR) is 94.7 cm³/mol. The van der Waals surface area contributed by atoms with Crippen LogP contribution >= 0.6 is 0 Å². The Hall–Kier alpha value is -3.61. The lowest BCUT2D eigenvalue weighted by Crippen LogP contribution is -2.19. The van der Waals surface area contributed by atoms with Gasteiger partial charge < -0.3 is 19.9 Å². The van der Waals surface area contributed by atoms with Crippen LogP contribution in [0.2, 0.25) is 0 Å². The summed E-state index contributed by atoms with van der Waals surface area (Å²) >= 11 is 0. The molecule has 2 aromatic carbocycles. The monoisotopic (exact) mass is 352 g/mol. The van der Waals surface area contributed by atoms with Crippen LogP contribution in [0.5, 0.6) is 11.5 Å². The number of nitrogens with zero attached hydrogens (tertiary/aromatic N) is 1. The summed E-state index contributed by atoms with van der Waals surface area (Å²) < 4.78 is 15.5. The van der Waals surface area contributed by atoms with Gasteiger partial charge in [0.25, 0.3) is 5.91 Å². The second kappa shape index (κ2) is 7.52. The van der Waals surface area contributed by atoms with Gasteiger partial charge in [-0.1, -0.05) is 12.1 Å². The summed E-state index contributed by atoms with van der Waals surface area (Å²) in [6.45, 7) is -0.192. The van der Waals surface area contributed by atoms with E-state index < -0.39 is 11.9 Å². The summed E-state index contributed by atoms with van der Waals surface area (Å²) in [5, 5.41) is 0. The lowest BCUT2D eigenvalue weighted by Gasteiger charge is -2.03. The van der Waals surface area contributed by atoms with Gasteiger partial charge in [0.05, 0.1) is 7.11 Å². The molecule has 26 heavy (non-hydrogen) atoms. The normalized spacial score (nSPS) is 14.7. The van der Waals surface area contributed by atoms with Crippen molar-refractivity contribution in [3.63, 3.8) is 0 Å². The molecule has 0 saturated heterocycles. The average Bonchev–Trinajstić information content (AvgIpc) is 3.01. The average molecular weight is 352 g/mol. The van der Waals surface area contributed by atoms with Crippen molar-refractivity contribution in [1.29, 1.82) is 0 Å². The second-order valence-electron chi connectivity index (χ2n) is 5.39. The molecule has 2 aromatic rings. The fourth-order valence-electron chi connectivity index (χ4n) is 2.24. The molecule has 2 N–H and O–H groups in total. The fraction of sp³-hybridized carbons (Fsp3) is 0.105. The van der Waals surface area contributed by atoms with Gasteiger partial charge in [0.1, 0.15) is 11.5 Å². The van der Waals surface area contributed by atoms with Gasteiger partial charge in [-0.2, -0.15) is 0 Å². The maximum absolute atomic E-state index is 12.0. The Bertz CT molecular complexity index is 883. The zero-order chi connectivity index (χ0) is 18.5. The number of esters is 1. The molecule has 1 aliphatic rings. The van der Waals surface area contributed by atoms with Gasteiger partial charge >= 0.3 is 5.97 Å².